The van der Waals surface area contributed by atoms with Crippen LogP contribution in [-0.4, -0.2) is 18.4 Å². The third kappa shape index (κ3) is 8.38. The lowest BCUT2D eigenvalue weighted by molar-refractivity contribution is -0.119. The van der Waals surface area contributed by atoms with Gasteiger partial charge in [0.25, 0.3) is 0 Å². The van der Waals surface area contributed by atoms with E-state index in [-0.39, 0.29) is 35.8 Å². The highest BCUT2D eigenvalue weighted by Gasteiger charge is 2.22. The highest BCUT2D eigenvalue weighted by Crippen LogP contribution is 2.26. The number of hydrogen-bond acceptors (Lipinski definition) is 2. The summed E-state index contributed by atoms with van der Waals surface area (Å²) in [4.78, 5) is 16.6. The Balaban J connectivity index is 0.00000338. The molecule has 0 saturated heterocycles. The molecule has 4 N–H and O–H groups in total. The van der Waals surface area contributed by atoms with Gasteiger partial charge >= 0.3 is 0 Å². The van der Waals surface area contributed by atoms with Crippen molar-refractivity contribution in [2.75, 3.05) is 11.9 Å². The molecule has 0 bridgehead atoms. The van der Waals surface area contributed by atoms with Crippen molar-refractivity contribution in [1.82, 2.24) is 5.32 Å². The molecule has 0 aromatic heterocycles. The van der Waals surface area contributed by atoms with E-state index in [9.17, 15) is 4.79 Å². The summed E-state index contributed by atoms with van der Waals surface area (Å²) < 4.78 is 0. The van der Waals surface area contributed by atoms with E-state index in [1.165, 1.54) is 19.3 Å². The largest absolute Gasteiger partial charge is 0.370 e. The Hall–Kier alpha value is -1.31. The molecule has 146 valence electrons. The number of guanidine groups is 1. The molecule has 26 heavy (non-hydrogen) atoms. The van der Waals surface area contributed by atoms with Crippen LogP contribution in [0.4, 0.5) is 5.69 Å². The molecule has 2 rings (SSSR count). The standard InChI is InChI=1S/C20H32N4O.HI/c1-2-3-4-7-13-22-20(21)23-15-16-9-8-12-18(14-16)24-19(25)17-10-5-6-11-17;/h8-9,12,14,17H,2-7,10-11,13,15H2,1H3,(H,24,25)(H3,21,22,23);1H. The van der Waals surface area contributed by atoms with Crippen molar-refractivity contribution in [1.29, 1.82) is 0 Å². The quantitative estimate of drug-likeness (QED) is 0.216. The van der Waals surface area contributed by atoms with Gasteiger partial charge < -0.3 is 16.4 Å². The zero-order valence-electron chi connectivity index (χ0n) is 15.8. The number of aliphatic imine (C=N–C) groups is 1. The molecule has 0 spiro atoms. The predicted molar refractivity (Wildman–Crippen MR) is 120 cm³/mol. The second-order valence-corrected chi connectivity index (χ2v) is 6.86. The number of nitrogens with zero attached hydrogens (tertiary/aromatic N) is 1. The van der Waals surface area contributed by atoms with Gasteiger partial charge in [0.15, 0.2) is 5.96 Å². The zero-order chi connectivity index (χ0) is 17.9. The minimum absolute atomic E-state index is 0. The smallest absolute Gasteiger partial charge is 0.227 e. The Kier molecular flexibility index (Phi) is 11.3. The number of carbonyl (C=O) groups excluding carboxylic acids is 1. The van der Waals surface area contributed by atoms with Gasteiger partial charge in [0.2, 0.25) is 5.91 Å². The molecule has 1 aromatic rings. The lowest BCUT2D eigenvalue weighted by atomic mass is 10.1. The lowest BCUT2D eigenvalue weighted by Crippen LogP contribution is -2.32. The van der Waals surface area contributed by atoms with Crippen LogP contribution in [0.15, 0.2) is 29.3 Å². The third-order valence-corrected chi connectivity index (χ3v) is 4.69. The summed E-state index contributed by atoms with van der Waals surface area (Å²) in [7, 11) is 0. The zero-order valence-corrected chi connectivity index (χ0v) is 18.1. The van der Waals surface area contributed by atoms with Crippen LogP contribution in [0.3, 0.4) is 0 Å². The molecule has 1 saturated carbocycles. The Morgan fingerprint density at radius 3 is 2.73 bits per heavy atom. The van der Waals surface area contributed by atoms with Gasteiger partial charge in [-0.3, -0.25) is 4.79 Å². The average Bonchev–Trinajstić information content (AvgIpc) is 3.15. The van der Waals surface area contributed by atoms with Crippen LogP contribution in [0.2, 0.25) is 0 Å². The van der Waals surface area contributed by atoms with Crippen LogP contribution in [0.5, 0.6) is 0 Å². The molecule has 0 heterocycles. The van der Waals surface area contributed by atoms with Crippen molar-refractivity contribution in [2.24, 2.45) is 16.6 Å². The molecule has 0 radical (unpaired) electrons. The second kappa shape index (κ2) is 12.9. The van der Waals surface area contributed by atoms with E-state index in [0.29, 0.717) is 12.5 Å². The first-order chi connectivity index (χ1) is 12.2. The van der Waals surface area contributed by atoms with Crippen LogP contribution in [0.1, 0.15) is 63.9 Å². The van der Waals surface area contributed by atoms with Gasteiger partial charge in [-0.2, -0.15) is 0 Å². The van der Waals surface area contributed by atoms with Gasteiger partial charge in [0.05, 0.1) is 6.54 Å². The summed E-state index contributed by atoms with van der Waals surface area (Å²) in [5.41, 5.74) is 7.79. The number of halogens is 1. The minimum atomic E-state index is 0. The molecule has 1 amide bonds. The van der Waals surface area contributed by atoms with Gasteiger partial charge in [-0.05, 0) is 37.0 Å². The summed E-state index contributed by atoms with van der Waals surface area (Å²) >= 11 is 0. The third-order valence-electron chi connectivity index (χ3n) is 4.69. The summed E-state index contributed by atoms with van der Waals surface area (Å²) in [6.45, 7) is 3.58. The van der Waals surface area contributed by atoms with Crippen LogP contribution in [0.25, 0.3) is 0 Å². The molecular weight excluding hydrogens is 439 g/mol. The number of hydrogen-bond donors (Lipinski definition) is 3. The van der Waals surface area contributed by atoms with E-state index >= 15 is 0 Å². The van der Waals surface area contributed by atoms with E-state index < -0.39 is 0 Å². The Morgan fingerprint density at radius 2 is 2.00 bits per heavy atom. The SMILES string of the molecule is CCCCCCNC(N)=NCc1cccc(NC(=O)C2CCCC2)c1.I. The van der Waals surface area contributed by atoms with Crippen molar-refractivity contribution in [2.45, 2.75) is 64.8 Å². The van der Waals surface area contributed by atoms with Crippen LogP contribution in [-0.2, 0) is 11.3 Å². The predicted octanol–water partition coefficient (Wildman–Crippen LogP) is 4.42. The fourth-order valence-corrected chi connectivity index (χ4v) is 3.18. The second-order valence-electron chi connectivity index (χ2n) is 6.86. The van der Waals surface area contributed by atoms with E-state index in [0.717, 1.165) is 49.9 Å². The van der Waals surface area contributed by atoms with Gasteiger partial charge in [-0.25, -0.2) is 4.99 Å². The summed E-state index contributed by atoms with van der Waals surface area (Å²) in [5.74, 6) is 0.803. The number of rotatable bonds is 9. The Bertz CT molecular complexity index is 571. The first kappa shape index (κ1) is 22.7. The van der Waals surface area contributed by atoms with Gasteiger partial charge in [0.1, 0.15) is 0 Å². The maximum Gasteiger partial charge on any atom is 0.227 e. The molecule has 0 aliphatic heterocycles. The van der Waals surface area contributed by atoms with Gasteiger partial charge in [-0.1, -0.05) is 51.2 Å². The molecule has 1 aliphatic carbocycles. The van der Waals surface area contributed by atoms with Crippen LogP contribution >= 0.6 is 24.0 Å². The summed E-state index contributed by atoms with van der Waals surface area (Å²) in [6, 6.07) is 7.85. The fourth-order valence-electron chi connectivity index (χ4n) is 3.18. The van der Waals surface area contributed by atoms with E-state index in [2.05, 4.69) is 22.5 Å². The van der Waals surface area contributed by atoms with E-state index in [4.69, 9.17) is 5.73 Å². The number of anilines is 1. The first-order valence-electron chi connectivity index (χ1n) is 9.62. The Morgan fingerprint density at radius 1 is 1.23 bits per heavy atom. The molecule has 1 fully saturated rings. The van der Waals surface area contributed by atoms with Gasteiger partial charge in [-0.15, -0.1) is 24.0 Å². The summed E-state index contributed by atoms with van der Waals surface area (Å²) in [5, 5.41) is 6.19. The minimum Gasteiger partial charge on any atom is -0.370 e. The normalized spacial score (nSPS) is 14.7. The number of amides is 1. The molecule has 1 aliphatic rings. The summed E-state index contributed by atoms with van der Waals surface area (Å²) in [6.07, 6.45) is 9.18. The van der Waals surface area contributed by atoms with E-state index in [1.807, 2.05) is 24.3 Å². The number of unbranched alkanes of at least 4 members (excludes halogenated alkanes) is 3. The highest BCUT2D eigenvalue weighted by atomic mass is 127. The molecule has 6 heteroatoms. The lowest BCUT2D eigenvalue weighted by Gasteiger charge is -2.11. The fraction of sp³-hybridized carbons (Fsp3) is 0.600. The van der Waals surface area contributed by atoms with Crippen molar-refractivity contribution >= 4 is 41.5 Å². The molecule has 0 atom stereocenters. The van der Waals surface area contributed by atoms with E-state index in [1.54, 1.807) is 0 Å². The number of nitrogens with two attached hydrogens (primary N) is 1. The number of nitrogens with one attached hydrogen (secondary N) is 2. The highest BCUT2D eigenvalue weighted by molar-refractivity contribution is 14.0. The maximum absolute atomic E-state index is 12.2. The molecule has 1 aromatic carbocycles. The van der Waals surface area contributed by atoms with Crippen LogP contribution < -0.4 is 16.4 Å². The maximum atomic E-state index is 12.2. The van der Waals surface area contributed by atoms with Crippen LogP contribution in [0, 0.1) is 5.92 Å². The number of benzene rings is 1. The topological polar surface area (TPSA) is 79.5 Å². The first-order valence-corrected chi connectivity index (χ1v) is 9.62. The average molecular weight is 472 g/mol. The van der Waals surface area contributed by atoms with Crippen molar-refractivity contribution in [3.8, 4) is 0 Å². The monoisotopic (exact) mass is 472 g/mol. The van der Waals surface area contributed by atoms with Crippen molar-refractivity contribution in [3.63, 3.8) is 0 Å². The molecule has 5 nitrogen and oxygen atoms in total. The van der Waals surface area contributed by atoms with Crippen molar-refractivity contribution in [3.05, 3.63) is 29.8 Å². The Labute approximate surface area is 174 Å². The van der Waals surface area contributed by atoms with Crippen molar-refractivity contribution < 1.29 is 4.79 Å². The number of carbonyl (C=O) groups is 1. The molecular formula is C20H33IN4O. The molecule has 0 unspecified atom stereocenters. The van der Waals surface area contributed by atoms with Gasteiger partial charge in [0, 0.05) is 18.2 Å².